The number of fused-ring (bicyclic) bond motifs is 11. The van der Waals surface area contributed by atoms with E-state index in [9.17, 15) is 0 Å². The molecule has 19 aromatic carbocycles. The monoisotopic (exact) mass is 1310 g/mol. The van der Waals surface area contributed by atoms with Gasteiger partial charge in [0.2, 0.25) is 0 Å². The summed E-state index contributed by atoms with van der Waals surface area (Å²) in [6, 6.07) is 150. The molecule has 0 bridgehead atoms. The summed E-state index contributed by atoms with van der Waals surface area (Å²) in [7, 11) is 0. The van der Waals surface area contributed by atoms with Crippen molar-refractivity contribution in [3.05, 3.63) is 406 Å². The highest BCUT2D eigenvalue weighted by molar-refractivity contribution is 6.34. The Bertz CT molecular complexity index is 6330. The molecule has 0 spiro atoms. The SMILES string of the molecule is c1ccc(-c2cc(-c3ccc(N(c4ccccc4)c4cccc5ccccc45)cc3)c3c4ccc(-c5ccc(N(c6ccccc6)c6ccccc6)cc5)cc4c4cc(-c5cc6ccccc6c6ccccc56)ccc4c3c2-c2ccc(N(c3ccccc3)c3cccc4ccccc34)cc2)cc1. The minimum absolute atomic E-state index is 1.07. The molecule has 0 aliphatic rings. The molecule has 0 heterocycles. The maximum atomic E-state index is 2.50. The first kappa shape index (κ1) is 60.6. The highest BCUT2D eigenvalue weighted by atomic mass is 15.2. The molecule has 0 radical (unpaired) electrons. The van der Waals surface area contributed by atoms with E-state index in [1.165, 1.54) is 86.5 Å². The quantitative estimate of drug-likeness (QED) is 0.100. The maximum Gasteiger partial charge on any atom is 0.0540 e. The van der Waals surface area contributed by atoms with Gasteiger partial charge in [0.15, 0.2) is 0 Å². The zero-order valence-corrected chi connectivity index (χ0v) is 56.5. The fraction of sp³-hybridized carbons (Fsp3) is 0. The lowest BCUT2D eigenvalue weighted by molar-refractivity contribution is 1.28. The molecule has 0 aromatic heterocycles. The van der Waals surface area contributed by atoms with Crippen LogP contribution in [0.15, 0.2) is 406 Å². The lowest BCUT2D eigenvalue weighted by atomic mass is 9.80. The van der Waals surface area contributed by atoms with Crippen LogP contribution >= 0.6 is 0 Å². The van der Waals surface area contributed by atoms with Gasteiger partial charge in [-0.05, 0) is 242 Å². The van der Waals surface area contributed by atoms with E-state index in [2.05, 4.69) is 421 Å². The second-order valence-corrected chi connectivity index (χ2v) is 26.7. The van der Waals surface area contributed by atoms with E-state index >= 15 is 0 Å². The van der Waals surface area contributed by atoms with Gasteiger partial charge in [-0.1, -0.05) is 285 Å². The third kappa shape index (κ3) is 10.9. The van der Waals surface area contributed by atoms with Crippen molar-refractivity contribution in [2.24, 2.45) is 0 Å². The predicted octanol–water partition coefficient (Wildman–Crippen LogP) is 28.5. The Kier molecular flexibility index (Phi) is 15.2. The van der Waals surface area contributed by atoms with Crippen molar-refractivity contribution in [3.63, 3.8) is 0 Å². The van der Waals surface area contributed by atoms with Crippen LogP contribution in [0.3, 0.4) is 0 Å². The molecule has 0 atom stereocenters. The summed E-state index contributed by atoms with van der Waals surface area (Å²) in [5.74, 6) is 0. The second-order valence-electron chi connectivity index (χ2n) is 26.7. The molecule has 0 saturated heterocycles. The highest BCUT2D eigenvalue weighted by Crippen LogP contribution is 2.52. The van der Waals surface area contributed by atoms with Crippen molar-refractivity contribution in [1.82, 2.24) is 0 Å². The number of anilines is 9. The van der Waals surface area contributed by atoms with Gasteiger partial charge in [-0.2, -0.15) is 0 Å². The van der Waals surface area contributed by atoms with Crippen molar-refractivity contribution in [1.29, 1.82) is 0 Å². The number of benzene rings is 19. The zero-order chi connectivity index (χ0) is 68.2. The second kappa shape index (κ2) is 25.9. The van der Waals surface area contributed by atoms with E-state index in [0.717, 1.165) is 95.7 Å². The first-order chi connectivity index (χ1) is 51.1. The highest BCUT2D eigenvalue weighted by Gasteiger charge is 2.26. The molecule has 0 unspecified atom stereocenters. The molecule has 0 N–H and O–H groups in total. The zero-order valence-electron chi connectivity index (χ0n) is 56.5. The van der Waals surface area contributed by atoms with Crippen molar-refractivity contribution in [3.8, 4) is 55.6 Å². The van der Waals surface area contributed by atoms with E-state index in [4.69, 9.17) is 0 Å². The first-order valence-electron chi connectivity index (χ1n) is 35.5. The Balaban J connectivity index is 0.888. The Hall–Kier alpha value is -13.6. The van der Waals surface area contributed by atoms with Crippen LogP contribution in [-0.4, -0.2) is 0 Å². The van der Waals surface area contributed by atoms with Gasteiger partial charge in [0.25, 0.3) is 0 Å². The minimum atomic E-state index is 1.07. The fourth-order valence-electron chi connectivity index (χ4n) is 16.0. The van der Waals surface area contributed by atoms with E-state index in [1.54, 1.807) is 0 Å². The van der Waals surface area contributed by atoms with E-state index in [1.807, 2.05) is 0 Å². The topological polar surface area (TPSA) is 9.72 Å². The van der Waals surface area contributed by atoms with Crippen LogP contribution in [0.2, 0.25) is 0 Å². The maximum absolute atomic E-state index is 2.50. The standard InChI is InChI=1S/C100H67N3/c1-6-26-71(27-7-1)92-67-93(72-50-58-82(59-51-72)102(79-37-12-4-13-38-79)96-46-24-31-69-28-16-20-42-85(69)96)99-89-62-54-74(68-48-56-81(57-49-68)101(77-33-8-2-9-34-77)78-35-10-3-11-36-78)64-94(89)95-66-76(91-65-75-30-18-19-41-84(75)87-44-22-23-45-88(87)91)55-63-90(95)100(99)98(92)73-52-60-83(61-53-73)103(80-39-14-5-15-40-80)97-47-25-32-70-29-17-21-43-86(70)97/h1-67H. The third-order valence-electron chi connectivity index (χ3n) is 20.7. The van der Waals surface area contributed by atoms with Crippen LogP contribution in [0.25, 0.3) is 131 Å². The number of hydrogen-bond acceptors (Lipinski definition) is 3. The molecule has 482 valence electrons. The molecule has 103 heavy (non-hydrogen) atoms. The van der Waals surface area contributed by atoms with Crippen molar-refractivity contribution in [2.75, 3.05) is 14.7 Å². The van der Waals surface area contributed by atoms with Crippen LogP contribution in [0, 0.1) is 0 Å². The molecular weight excluding hydrogens is 1240 g/mol. The first-order valence-corrected chi connectivity index (χ1v) is 35.5. The fourth-order valence-corrected chi connectivity index (χ4v) is 16.0. The van der Waals surface area contributed by atoms with Gasteiger partial charge in [0.05, 0.1) is 11.4 Å². The van der Waals surface area contributed by atoms with Gasteiger partial charge >= 0.3 is 0 Å². The average molecular weight is 1310 g/mol. The number of hydrogen-bond donors (Lipinski definition) is 0. The number of rotatable bonds is 14. The molecule has 19 rings (SSSR count). The summed E-state index contributed by atoms with van der Waals surface area (Å²) < 4.78 is 0. The summed E-state index contributed by atoms with van der Waals surface area (Å²) in [4.78, 5) is 7.14. The smallest absolute Gasteiger partial charge is 0.0540 e. The lowest BCUT2D eigenvalue weighted by Gasteiger charge is -2.28. The molecule has 3 nitrogen and oxygen atoms in total. The van der Waals surface area contributed by atoms with Crippen LogP contribution in [0.4, 0.5) is 51.2 Å². The minimum Gasteiger partial charge on any atom is -0.311 e. The molecule has 0 aliphatic heterocycles. The largest absolute Gasteiger partial charge is 0.311 e. The molecule has 0 fully saturated rings. The summed E-state index contributed by atoms with van der Waals surface area (Å²) in [5, 5.41) is 16.8. The van der Waals surface area contributed by atoms with Crippen molar-refractivity contribution >= 4 is 127 Å². The summed E-state index contributed by atoms with van der Waals surface area (Å²) in [6.45, 7) is 0. The molecular formula is C100H67N3. The van der Waals surface area contributed by atoms with Gasteiger partial charge in [-0.3, -0.25) is 0 Å². The van der Waals surface area contributed by atoms with E-state index in [-0.39, 0.29) is 0 Å². The van der Waals surface area contributed by atoms with Gasteiger partial charge < -0.3 is 14.7 Å². The van der Waals surface area contributed by atoms with Gasteiger partial charge in [-0.25, -0.2) is 0 Å². The molecule has 19 aromatic rings. The Morgan fingerprint density at radius 2 is 0.505 bits per heavy atom. The summed E-state index contributed by atoms with van der Waals surface area (Å²) in [5.41, 5.74) is 21.3. The van der Waals surface area contributed by atoms with Crippen LogP contribution in [0.5, 0.6) is 0 Å². The third-order valence-corrected chi connectivity index (χ3v) is 20.7. The van der Waals surface area contributed by atoms with Crippen molar-refractivity contribution in [2.45, 2.75) is 0 Å². The number of nitrogens with zero attached hydrogens (tertiary/aromatic N) is 3. The van der Waals surface area contributed by atoms with Crippen LogP contribution < -0.4 is 14.7 Å². The van der Waals surface area contributed by atoms with E-state index in [0.29, 0.717) is 0 Å². The van der Waals surface area contributed by atoms with Crippen LogP contribution in [-0.2, 0) is 0 Å². The average Bonchev–Trinajstić information content (AvgIpc) is 0.704. The van der Waals surface area contributed by atoms with Gasteiger partial charge in [-0.15, -0.1) is 0 Å². The van der Waals surface area contributed by atoms with Crippen molar-refractivity contribution < 1.29 is 0 Å². The van der Waals surface area contributed by atoms with Crippen LogP contribution in [0.1, 0.15) is 0 Å². The van der Waals surface area contributed by atoms with Gasteiger partial charge in [0.1, 0.15) is 0 Å². The Morgan fingerprint density at radius 1 is 0.146 bits per heavy atom. The molecule has 3 heteroatoms. The Morgan fingerprint density at radius 3 is 1.04 bits per heavy atom. The summed E-state index contributed by atoms with van der Waals surface area (Å²) in [6.07, 6.45) is 0. The molecule has 0 saturated carbocycles. The predicted molar refractivity (Wildman–Crippen MR) is 440 cm³/mol. The van der Waals surface area contributed by atoms with E-state index < -0.39 is 0 Å². The number of para-hydroxylation sites is 4. The van der Waals surface area contributed by atoms with Gasteiger partial charge in [0, 0.05) is 50.6 Å². The molecule has 0 aliphatic carbocycles. The normalized spacial score (nSPS) is 11.5. The Labute approximate surface area is 599 Å². The lowest BCUT2D eigenvalue weighted by Crippen LogP contribution is -2.10. The summed E-state index contributed by atoms with van der Waals surface area (Å²) >= 11 is 0. The molecule has 0 amide bonds.